The van der Waals surface area contributed by atoms with E-state index in [9.17, 15) is 4.79 Å². The minimum atomic E-state index is -0.285. The lowest BCUT2D eigenvalue weighted by atomic mass is 10.2. The Bertz CT molecular complexity index is 403. The summed E-state index contributed by atoms with van der Waals surface area (Å²) in [6, 6.07) is 3.70. The Balaban J connectivity index is 2.73. The number of methoxy groups -OCH3 is 2. The fourth-order valence-electron chi connectivity index (χ4n) is 1.62. The van der Waals surface area contributed by atoms with Crippen molar-refractivity contribution in [1.29, 1.82) is 0 Å². The molecule has 0 aromatic heterocycles. The monoisotopic (exact) mass is 268 g/mol. The molecule has 0 saturated heterocycles. The number of ether oxygens (including phenoxy) is 4. The van der Waals surface area contributed by atoms with E-state index in [1.807, 2.05) is 19.1 Å². The summed E-state index contributed by atoms with van der Waals surface area (Å²) in [6.07, 6.45) is 0.189. The van der Waals surface area contributed by atoms with E-state index in [1.165, 1.54) is 0 Å². The largest absolute Gasteiger partial charge is 0.493 e. The summed E-state index contributed by atoms with van der Waals surface area (Å²) in [6.45, 7) is 4.29. The molecule has 0 saturated carbocycles. The second kappa shape index (κ2) is 7.51. The molecule has 0 fully saturated rings. The van der Waals surface area contributed by atoms with Gasteiger partial charge in [-0.3, -0.25) is 4.79 Å². The van der Waals surface area contributed by atoms with Gasteiger partial charge in [0.25, 0.3) is 0 Å². The standard InChI is InChI=1S/C14H20O5/c1-5-18-13(15)6-7-19-14-11(16-3)8-10(2)9-12(14)17-4/h8-9H,5-7H2,1-4H3. The van der Waals surface area contributed by atoms with Crippen LogP contribution in [0.5, 0.6) is 17.2 Å². The topological polar surface area (TPSA) is 54.0 Å². The van der Waals surface area contributed by atoms with E-state index in [1.54, 1.807) is 21.1 Å². The lowest BCUT2D eigenvalue weighted by Crippen LogP contribution is -2.10. The molecule has 0 radical (unpaired) electrons. The maximum absolute atomic E-state index is 11.2. The Hall–Kier alpha value is -1.91. The first-order chi connectivity index (χ1) is 9.12. The zero-order chi connectivity index (χ0) is 14.3. The third-order valence-corrected chi connectivity index (χ3v) is 2.46. The normalized spacial score (nSPS) is 9.89. The highest BCUT2D eigenvalue weighted by Gasteiger charge is 2.13. The van der Waals surface area contributed by atoms with Gasteiger partial charge >= 0.3 is 5.97 Å². The summed E-state index contributed by atoms with van der Waals surface area (Å²) in [4.78, 5) is 11.2. The highest BCUT2D eigenvalue weighted by atomic mass is 16.5. The Labute approximate surface area is 113 Å². The highest BCUT2D eigenvalue weighted by molar-refractivity contribution is 5.69. The van der Waals surface area contributed by atoms with Crippen molar-refractivity contribution in [2.75, 3.05) is 27.4 Å². The van der Waals surface area contributed by atoms with Crippen LogP contribution in [0.4, 0.5) is 0 Å². The summed E-state index contributed by atoms with van der Waals surface area (Å²) in [5, 5.41) is 0. The molecule has 19 heavy (non-hydrogen) atoms. The summed E-state index contributed by atoms with van der Waals surface area (Å²) in [5.74, 6) is 1.38. The number of hydrogen-bond acceptors (Lipinski definition) is 5. The number of aryl methyl sites for hydroxylation is 1. The molecule has 106 valence electrons. The number of benzene rings is 1. The molecule has 0 aliphatic rings. The van der Waals surface area contributed by atoms with Gasteiger partial charge in [0.05, 0.1) is 33.9 Å². The fourth-order valence-corrected chi connectivity index (χ4v) is 1.62. The smallest absolute Gasteiger partial charge is 0.309 e. The molecular formula is C14H20O5. The lowest BCUT2D eigenvalue weighted by molar-refractivity contribution is -0.143. The van der Waals surface area contributed by atoms with Gasteiger partial charge in [0.15, 0.2) is 11.5 Å². The molecule has 1 aromatic rings. The molecule has 5 heteroatoms. The third kappa shape index (κ3) is 4.35. The van der Waals surface area contributed by atoms with Crippen molar-refractivity contribution in [3.05, 3.63) is 17.7 Å². The Morgan fingerprint density at radius 1 is 1.16 bits per heavy atom. The quantitative estimate of drug-likeness (QED) is 0.710. The first-order valence-corrected chi connectivity index (χ1v) is 6.13. The molecular weight excluding hydrogens is 248 g/mol. The van der Waals surface area contributed by atoms with E-state index in [2.05, 4.69) is 0 Å². The minimum Gasteiger partial charge on any atom is -0.493 e. The predicted octanol–water partition coefficient (Wildman–Crippen LogP) is 2.34. The van der Waals surface area contributed by atoms with Gasteiger partial charge in [0, 0.05) is 0 Å². The predicted molar refractivity (Wildman–Crippen MR) is 71.0 cm³/mol. The molecule has 1 rings (SSSR count). The first-order valence-electron chi connectivity index (χ1n) is 6.13. The Morgan fingerprint density at radius 3 is 2.21 bits per heavy atom. The molecule has 0 amide bonds. The zero-order valence-electron chi connectivity index (χ0n) is 11.8. The van der Waals surface area contributed by atoms with Gasteiger partial charge in [-0.25, -0.2) is 0 Å². The Morgan fingerprint density at radius 2 is 1.74 bits per heavy atom. The van der Waals surface area contributed by atoms with Crippen LogP contribution in [0.1, 0.15) is 18.9 Å². The molecule has 1 aromatic carbocycles. The number of carbonyl (C=O) groups excluding carboxylic acids is 1. The van der Waals surface area contributed by atoms with Crippen LogP contribution >= 0.6 is 0 Å². The third-order valence-electron chi connectivity index (χ3n) is 2.46. The van der Waals surface area contributed by atoms with Crippen LogP contribution in [0.25, 0.3) is 0 Å². The van der Waals surface area contributed by atoms with Crippen molar-refractivity contribution in [2.24, 2.45) is 0 Å². The van der Waals surface area contributed by atoms with Crippen LogP contribution < -0.4 is 14.2 Å². The van der Waals surface area contributed by atoms with Crippen LogP contribution in [0.3, 0.4) is 0 Å². The number of hydrogen-bond donors (Lipinski definition) is 0. The van der Waals surface area contributed by atoms with Gasteiger partial charge in [0.2, 0.25) is 5.75 Å². The van der Waals surface area contributed by atoms with E-state index in [0.717, 1.165) is 5.56 Å². The van der Waals surface area contributed by atoms with Crippen molar-refractivity contribution in [3.63, 3.8) is 0 Å². The van der Waals surface area contributed by atoms with Crippen LogP contribution in [0, 0.1) is 6.92 Å². The maximum atomic E-state index is 11.2. The summed E-state index contributed by atoms with van der Waals surface area (Å²) >= 11 is 0. The molecule has 0 heterocycles. The fraction of sp³-hybridized carbons (Fsp3) is 0.500. The molecule has 5 nitrogen and oxygen atoms in total. The van der Waals surface area contributed by atoms with E-state index in [0.29, 0.717) is 23.9 Å². The van der Waals surface area contributed by atoms with Crippen LogP contribution in [-0.4, -0.2) is 33.4 Å². The molecule has 0 aliphatic heterocycles. The van der Waals surface area contributed by atoms with Gasteiger partial charge in [-0.05, 0) is 31.5 Å². The van der Waals surface area contributed by atoms with Crippen molar-refractivity contribution in [1.82, 2.24) is 0 Å². The molecule has 0 unspecified atom stereocenters. The van der Waals surface area contributed by atoms with E-state index >= 15 is 0 Å². The van der Waals surface area contributed by atoms with Crippen LogP contribution in [-0.2, 0) is 9.53 Å². The average molecular weight is 268 g/mol. The number of esters is 1. The van der Waals surface area contributed by atoms with Crippen molar-refractivity contribution < 1.29 is 23.7 Å². The van der Waals surface area contributed by atoms with E-state index in [4.69, 9.17) is 18.9 Å². The van der Waals surface area contributed by atoms with Crippen LogP contribution in [0.2, 0.25) is 0 Å². The van der Waals surface area contributed by atoms with E-state index in [-0.39, 0.29) is 19.0 Å². The second-order valence-corrected chi connectivity index (χ2v) is 3.90. The van der Waals surface area contributed by atoms with Crippen molar-refractivity contribution in [3.8, 4) is 17.2 Å². The zero-order valence-corrected chi connectivity index (χ0v) is 11.8. The first kappa shape index (κ1) is 15.1. The molecule has 0 aliphatic carbocycles. The van der Waals surface area contributed by atoms with Gasteiger partial charge in [-0.1, -0.05) is 0 Å². The molecule has 0 bridgehead atoms. The molecule has 0 N–H and O–H groups in total. The summed E-state index contributed by atoms with van der Waals surface area (Å²) < 4.78 is 20.9. The lowest BCUT2D eigenvalue weighted by Gasteiger charge is -2.15. The number of carbonyl (C=O) groups is 1. The number of rotatable bonds is 7. The second-order valence-electron chi connectivity index (χ2n) is 3.90. The van der Waals surface area contributed by atoms with E-state index < -0.39 is 0 Å². The van der Waals surface area contributed by atoms with Gasteiger partial charge in [-0.2, -0.15) is 0 Å². The summed E-state index contributed by atoms with van der Waals surface area (Å²) in [7, 11) is 3.12. The minimum absolute atomic E-state index is 0.189. The average Bonchev–Trinajstić information content (AvgIpc) is 2.39. The molecule has 0 atom stereocenters. The summed E-state index contributed by atoms with van der Waals surface area (Å²) in [5.41, 5.74) is 1.01. The SMILES string of the molecule is CCOC(=O)CCOc1c(OC)cc(C)cc1OC. The highest BCUT2D eigenvalue weighted by Crippen LogP contribution is 2.38. The Kier molecular flexibility index (Phi) is 5.99. The molecule has 0 spiro atoms. The van der Waals surface area contributed by atoms with Gasteiger partial charge in [0.1, 0.15) is 0 Å². The van der Waals surface area contributed by atoms with Crippen molar-refractivity contribution >= 4 is 5.97 Å². The van der Waals surface area contributed by atoms with Crippen LogP contribution in [0.15, 0.2) is 12.1 Å². The van der Waals surface area contributed by atoms with Gasteiger partial charge < -0.3 is 18.9 Å². The van der Waals surface area contributed by atoms with Gasteiger partial charge in [-0.15, -0.1) is 0 Å². The maximum Gasteiger partial charge on any atom is 0.309 e. The van der Waals surface area contributed by atoms with Crippen molar-refractivity contribution in [2.45, 2.75) is 20.3 Å².